The molecule has 1 amide bonds. The van der Waals surface area contributed by atoms with E-state index >= 15 is 0 Å². The smallest absolute Gasteiger partial charge is 0.255 e. The lowest BCUT2D eigenvalue weighted by molar-refractivity contribution is 0.102. The fraction of sp³-hybridized carbons (Fsp3) is 0.0667. The van der Waals surface area contributed by atoms with Crippen LogP contribution in [-0.2, 0) is 0 Å². The van der Waals surface area contributed by atoms with E-state index in [9.17, 15) is 9.18 Å². The molecule has 0 unspecified atom stereocenters. The molecule has 6 nitrogen and oxygen atoms in total. The van der Waals surface area contributed by atoms with Crippen molar-refractivity contribution in [2.75, 3.05) is 5.32 Å². The molecular weight excluding hydrogens is 285 g/mol. The van der Waals surface area contributed by atoms with E-state index in [4.69, 9.17) is 0 Å². The third kappa shape index (κ3) is 2.83. The Bertz CT molecular complexity index is 799. The minimum atomic E-state index is -0.410. The maximum absolute atomic E-state index is 13.5. The van der Waals surface area contributed by atoms with Gasteiger partial charge < -0.3 is 5.32 Å². The molecule has 3 rings (SSSR count). The highest BCUT2D eigenvalue weighted by Crippen LogP contribution is 2.13. The highest BCUT2D eigenvalue weighted by Gasteiger charge is 2.09. The summed E-state index contributed by atoms with van der Waals surface area (Å²) < 4.78 is 15.0. The van der Waals surface area contributed by atoms with Crippen molar-refractivity contribution in [2.45, 2.75) is 6.92 Å². The molecule has 2 heterocycles. The topological polar surface area (TPSA) is 72.7 Å². The van der Waals surface area contributed by atoms with Crippen LogP contribution in [0.2, 0.25) is 0 Å². The maximum Gasteiger partial charge on any atom is 0.255 e. The lowest BCUT2D eigenvalue weighted by Crippen LogP contribution is -2.12. The molecule has 0 aliphatic heterocycles. The van der Waals surface area contributed by atoms with Gasteiger partial charge in [-0.2, -0.15) is 5.10 Å². The molecule has 0 saturated heterocycles. The Morgan fingerprint density at radius 1 is 1.27 bits per heavy atom. The summed E-state index contributed by atoms with van der Waals surface area (Å²) in [4.78, 5) is 20.1. The average Bonchev–Trinajstić information content (AvgIpc) is 3.05. The molecule has 0 radical (unpaired) electrons. The minimum Gasteiger partial charge on any atom is -0.321 e. The first kappa shape index (κ1) is 13.9. The number of anilines is 1. The lowest BCUT2D eigenvalue weighted by atomic mass is 10.1. The fourth-order valence-corrected chi connectivity index (χ4v) is 1.86. The first-order chi connectivity index (χ1) is 10.6. The van der Waals surface area contributed by atoms with Gasteiger partial charge in [-0.1, -0.05) is 6.07 Å². The molecule has 7 heteroatoms. The van der Waals surface area contributed by atoms with Gasteiger partial charge in [0.1, 0.15) is 18.5 Å². The van der Waals surface area contributed by atoms with Crippen LogP contribution in [0.1, 0.15) is 15.9 Å². The molecule has 22 heavy (non-hydrogen) atoms. The zero-order valence-corrected chi connectivity index (χ0v) is 11.7. The number of benzene rings is 1. The summed E-state index contributed by atoms with van der Waals surface area (Å²) in [7, 11) is 0. The van der Waals surface area contributed by atoms with E-state index in [-0.39, 0.29) is 5.56 Å². The van der Waals surface area contributed by atoms with Crippen LogP contribution in [0.3, 0.4) is 0 Å². The molecule has 110 valence electrons. The molecule has 0 aliphatic rings. The minimum absolute atomic E-state index is 0.253. The highest BCUT2D eigenvalue weighted by atomic mass is 19.1. The van der Waals surface area contributed by atoms with E-state index in [2.05, 4.69) is 20.4 Å². The van der Waals surface area contributed by atoms with Crippen LogP contribution < -0.4 is 5.32 Å². The molecule has 0 fully saturated rings. The van der Waals surface area contributed by atoms with Gasteiger partial charge in [0.05, 0.1) is 11.9 Å². The first-order valence-electron chi connectivity index (χ1n) is 6.52. The number of nitrogens with one attached hydrogen (secondary N) is 1. The summed E-state index contributed by atoms with van der Waals surface area (Å²) in [5, 5.41) is 6.62. The number of pyridine rings is 1. The molecule has 3 aromatic rings. The summed E-state index contributed by atoms with van der Waals surface area (Å²) in [6.07, 6.45) is 4.43. The second-order valence-corrected chi connectivity index (χ2v) is 4.66. The Labute approximate surface area is 125 Å². The fourth-order valence-electron chi connectivity index (χ4n) is 1.86. The van der Waals surface area contributed by atoms with Crippen molar-refractivity contribution in [1.82, 2.24) is 19.7 Å². The van der Waals surface area contributed by atoms with E-state index in [1.165, 1.54) is 29.6 Å². The maximum atomic E-state index is 13.5. The van der Waals surface area contributed by atoms with Crippen molar-refractivity contribution < 1.29 is 9.18 Å². The van der Waals surface area contributed by atoms with Crippen molar-refractivity contribution in [3.05, 3.63) is 66.1 Å². The molecule has 0 aliphatic carbocycles. The number of amides is 1. The lowest BCUT2D eigenvalue weighted by Gasteiger charge is -2.06. The Kier molecular flexibility index (Phi) is 3.61. The Balaban J connectivity index is 1.75. The molecule has 0 spiro atoms. The number of aryl methyl sites for hydroxylation is 1. The second-order valence-electron chi connectivity index (χ2n) is 4.66. The van der Waals surface area contributed by atoms with Crippen LogP contribution >= 0.6 is 0 Å². The number of hydrogen-bond acceptors (Lipinski definition) is 4. The predicted molar refractivity (Wildman–Crippen MR) is 78.2 cm³/mol. The molecule has 0 saturated carbocycles. The van der Waals surface area contributed by atoms with Gasteiger partial charge >= 0.3 is 0 Å². The number of nitrogens with zero attached hydrogens (tertiary/aromatic N) is 4. The van der Waals surface area contributed by atoms with Crippen LogP contribution in [-0.4, -0.2) is 25.7 Å². The number of carbonyl (C=O) groups is 1. The quantitative estimate of drug-likeness (QED) is 0.805. The van der Waals surface area contributed by atoms with Crippen LogP contribution in [0.25, 0.3) is 5.82 Å². The highest BCUT2D eigenvalue weighted by molar-refractivity contribution is 6.04. The number of halogens is 1. The molecular formula is C15H12FN5O. The zero-order chi connectivity index (χ0) is 15.5. The van der Waals surface area contributed by atoms with E-state index in [0.29, 0.717) is 17.1 Å². The third-order valence-corrected chi connectivity index (χ3v) is 3.09. The molecule has 1 aromatic carbocycles. The summed E-state index contributed by atoms with van der Waals surface area (Å²) in [6, 6.07) is 7.73. The summed E-state index contributed by atoms with van der Waals surface area (Å²) >= 11 is 0. The number of aromatic nitrogens is 4. The Morgan fingerprint density at radius 3 is 2.77 bits per heavy atom. The first-order valence-corrected chi connectivity index (χ1v) is 6.52. The van der Waals surface area contributed by atoms with Crippen LogP contribution in [0.5, 0.6) is 0 Å². The predicted octanol–water partition coefficient (Wildman–Crippen LogP) is 2.36. The van der Waals surface area contributed by atoms with Crippen molar-refractivity contribution in [2.24, 2.45) is 0 Å². The monoisotopic (exact) mass is 297 g/mol. The van der Waals surface area contributed by atoms with Gasteiger partial charge in [-0.15, -0.1) is 0 Å². The van der Waals surface area contributed by atoms with E-state index < -0.39 is 11.7 Å². The normalized spacial score (nSPS) is 10.5. The number of hydrogen-bond donors (Lipinski definition) is 1. The largest absolute Gasteiger partial charge is 0.321 e. The van der Waals surface area contributed by atoms with Gasteiger partial charge in [0, 0.05) is 5.56 Å². The number of carbonyl (C=O) groups excluding carboxylic acids is 1. The van der Waals surface area contributed by atoms with Gasteiger partial charge in [0.2, 0.25) is 0 Å². The van der Waals surface area contributed by atoms with E-state index in [1.54, 1.807) is 31.2 Å². The van der Waals surface area contributed by atoms with E-state index in [1.807, 2.05) is 0 Å². The van der Waals surface area contributed by atoms with Gasteiger partial charge in [0.25, 0.3) is 5.91 Å². The molecule has 0 bridgehead atoms. The van der Waals surface area contributed by atoms with E-state index in [0.717, 1.165) is 0 Å². The standard InChI is InChI=1S/C15H12FN5O/c1-10-2-3-11(6-13(10)16)15(22)20-12-4-5-14(18-7-12)21-9-17-8-19-21/h2-9H,1H3,(H,20,22). The zero-order valence-electron chi connectivity index (χ0n) is 11.7. The molecule has 1 N–H and O–H groups in total. The Hall–Kier alpha value is -3.09. The van der Waals surface area contributed by atoms with Crippen molar-refractivity contribution in [1.29, 1.82) is 0 Å². The van der Waals surface area contributed by atoms with Gasteiger partial charge in [-0.25, -0.2) is 19.0 Å². The molecule has 0 atom stereocenters. The van der Waals surface area contributed by atoms with Crippen LogP contribution in [0.4, 0.5) is 10.1 Å². The van der Waals surface area contributed by atoms with Gasteiger partial charge in [-0.05, 0) is 36.8 Å². The summed E-state index contributed by atoms with van der Waals surface area (Å²) in [5.41, 5.74) is 1.26. The Morgan fingerprint density at radius 2 is 2.14 bits per heavy atom. The van der Waals surface area contributed by atoms with Crippen LogP contribution in [0.15, 0.2) is 49.2 Å². The van der Waals surface area contributed by atoms with Crippen molar-refractivity contribution in [3.63, 3.8) is 0 Å². The second kappa shape index (κ2) is 5.72. The SMILES string of the molecule is Cc1ccc(C(=O)Nc2ccc(-n3cncn3)nc2)cc1F. The molecule has 2 aromatic heterocycles. The van der Waals surface area contributed by atoms with Crippen molar-refractivity contribution in [3.8, 4) is 5.82 Å². The summed E-state index contributed by atoms with van der Waals surface area (Å²) in [5.74, 6) is -0.224. The van der Waals surface area contributed by atoms with Crippen molar-refractivity contribution >= 4 is 11.6 Å². The average molecular weight is 297 g/mol. The van der Waals surface area contributed by atoms with Gasteiger partial charge in [0.15, 0.2) is 5.82 Å². The summed E-state index contributed by atoms with van der Waals surface area (Å²) in [6.45, 7) is 1.64. The third-order valence-electron chi connectivity index (χ3n) is 3.09. The van der Waals surface area contributed by atoms with Gasteiger partial charge in [-0.3, -0.25) is 4.79 Å². The number of rotatable bonds is 3. The van der Waals surface area contributed by atoms with Crippen LogP contribution in [0, 0.1) is 12.7 Å².